The van der Waals surface area contributed by atoms with E-state index in [2.05, 4.69) is 21.8 Å². The summed E-state index contributed by atoms with van der Waals surface area (Å²) in [7, 11) is 0. The molecule has 0 saturated carbocycles. The highest BCUT2D eigenvalue weighted by Gasteiger charge is 2.17. The van der Waals surface area contributed by atoms with E-state index in [0.29, 0.717) is 17.7 Å². The molecule has 0 N–H and O–H groups in total. The zero-order valence-electron chi connectivity index (χ0n) is 13.4. The van der Waals surface area contributed by atoms with Crippen molar-refractivity contribution < 1.29 is 9.21 Å². The van der Waals surface area contributed by atoms with Gasteiger partial charge in [-0.05, 0) is 24.3 Å². The van der Waals surface area contributed by atoms with Crippen LogP contribution in [0.1, 0.15) is 0 Å². The first-order valence-corrected chi connectivity index (χ1v) is 8.59. The van der Waals surface area contributed by atoms with Crippen LogP contribution >= 0.6 is 11.8 Å². The summed E-state index contributed by atoms with van der Waals surface area (Å²) in [5.74, 6) is 0.517. The van der Waals surface area contributed by atoms with Crippen molar-refractivity contribution >= 4 is 23.4 Å². The summed E-state index contributed by atoms with van der Waals surface area (Å²) < 4.78 is 5.58. The number of hydrogen-bond donors (Lipinski definition) is 0. The second-order valence-electron chi connectivity index (χ2n) is 5.03. The Morgan fingerprint density at radius 2 is 2.04 bits per heavy atom. The van der Waals surface area contributed by atoms with E-state index in [-0.39, 0.29) is 11.7 Å². The molecule has 0 spiro atoms. The van der Waals surface area contributed by atoms with Gasteiger partial charge >= 0.3 is 0 Å². The van der Waals surface area contributed by atoms with Crippen LogP contribution in [-0.2, 0) is 4.79 Å². The van der Waals surface area contributed by atoms with Gasteiger partial charge in [0.25, 0.3) is 5.22 Å². The van der Waals surface area contributed by atoms with E-state index >= 15 is 0 Å². The maximum Gasteiger partial charge on any atom is 0.277 e. The number of para-hydroxylation sites is 1. The van der Waals surface area contributed by atoms with E-state index < -0.39 is 0 Å². The minimum Gasteiger partial charge on any atom is -0.411 e. The molecular formula is C18H16N4O2S. The number of pyridine rings is 1. The number of thioether (sulfide) groups is 1. The largest absolute Gasteiger partial charge is 0.411 e. The molecule has 6 nitrogen and oxygen atoms in total. The fourth-order valence-corrected chi connectivity index (χ4v) is 2.80. The number of hydrogen-bond acceptors (Lipinski definition) is 6. The summed E-state index contributed by atoms with van der Waals surface area (Å²) in [6.45, 7) is 4.15. The highest BCUT2D eigenvalue weighted by Crippen LogP contribution is 2.23. The molecule has 1 amide bonds. The van der Waals surface area contributed by atoms with E-state index in [9.17, 15) is 4.79 Å². The van der Waals surface area contributed by atoms with Crippen LogP contribution in [0.2, 0.25) is 0 Å². The molecule has 0 bridgehead atoms. The Labute approximate surface area is 149 Å². The van der Waals surface area contributed by atoms with Gasteiger partial charge in [0, 0.05) is 24.6 Å². The average molecular weight is 352 g/mol. The van der Waals surface area contributed by atoms with Crippen molar-refractivity contribution in [1.82, 2.24) is 15.2 Å². The Balaban J connectivity index is 1.65. The van der Waals surface area contributed by atoms with Crippen LogP contribution in [0.4, 0.5) is 5.69 Å². The van der Waals surface area contributed by atoms with Crippen molar-refractivity contribution in [2.75, 3.05) is 17.2 Å². The fraction of sp³-hybridized carbons (Fsp3) is 0.111. The molecule has 0 aliphatic heterocycles. The molecule has 0 atom stereocenters. The average Bonchev–Trinajstić information content (AvgIpc) is 3.15. The number of carbonyl (C=O) groups excluding carboxylic acids is 1. The first-order valence-electron chi connectivity index (χ1n) is 7.61. The lowest BCUT2D eigenvalue weighted by Crippen LogP contribution is -2.32. The molecule has 126 valence electrons. The van der Waals surface area contributed by atoms with Crippen LogP contribution in [-0.4, -0.2) is 33.4 Å². The van der Waals surface area contributed by atoms with Crippen LogP contribution in [0.5, 0.6) is 0 Å². The highest BCUT2D eigenvalue weighted by molar-refractivity contribution is 7.99. The van der Waals surface area contributed by atoms with Crippen molar-refractivity contribution in [1.29, 1.82) is 0 Å². The van der Waals surface area contributed by atoms with E-state index in [4.69, 9.17) is 4.42 Å². The van der Waals surface area contributed by atoms with Gasteiger partial charge in [0.1, 0.15) is 0 Å². The number of anilines is 1. The van der Waals surface area contributed by atoms with Gasteiger partial charge in [-0.25, -0.2) is 0 Å². The number of nitrogens with zero attached hydrogens (tertiary/aromatic N) is 4. The summed E-state index contributed by atoms with van der Waals surface area (Å²) in [5.41, 5.74) is 1.57. The second kappa shape index (κ2) is 8.25. The number of carbonyl (C=O) groups is 1. The molecule has 0 radical (unpaired) electrons. The van der Waals surface area contributed by atoms with Gasteiger partial charge in [-0.3, -0.25) is 9.78 Å². The summed E-state index contributed by atoms with van der Waals surface area (Å²) in [5, 5.41) is 8.30. The van der Waals surface area contributed by atoms with Gasteiger partial charge in [0.15, 0.2) is 0 Å². The molecule has 2 heterocycles. The summed E-state index contributed by atoms with van der Waals surface area (Å²) in [6.07, 6.45) is 5.02. The Morgan fingerprint density at radius 1 is 1.20 bits per heavy atom. The standard InChI is InChI=1S/C18H16N4O2S/c1-2-11-22(15-8-4-3-5-9-15)16(23)13-25-18-21-20-17(24-18)14-7-6-10-19-12-14/h2-10,12H,1,11,13H2. The molecule has 3 aromatic rings. The highest BCUT2D eigenvalue weighted by atomic mass is 32.2. The molecule has 0 unspecified atom stereocenters. The molecule has 1 aromatic carbocycles. The van der Waals surface area contributed by atoms with Crippen molar-refractivity contribution in [3.8, 4) is 11.5 Å². The lowest BCUT2D eigenvalue weighted by atomic mass is 10.3. The third kappa shape index (κ3) is 4.33. The minimum atomic E-state index is -0.0581. The Kier molecular flexibility index (Phi) is 5.58. The van der Waals surface area contributed by atoms with E-state index in [1.807, 2.05) is 36.4 Å². The quantitative estimate of drug-likeness (QED) is 0.479. The molecule has 2 aromatic heterocycles. The molecule has 0 aliphatic rings. The van der Waals surface area contributed by atoms with Crippen molar-refractivity contribution in [2.24, 2.45) is 0 Å². The van der Waals surface area contributed by atoms with Crippen LogP contribution in [0.3, 0.4) is 0 Å². The second-order valence-corrected chi connectivity index (χ2v) is 5.96. The maximum absolute atomic E-state index is 12.5. The molecule has 0 saturated heterocycles. The monoisotopic (exact) mass is 352 g/mol. The Hall–Kier alpha value is -2.93. The summed E-state index contributed by atoms with van der Waals surface area (Å²) in [4.78, 5) is 18.2. The van der Waals surface area contributed by atoms with Crippen LogP contribution in [0.25, 0.3) is 11.5 Å². The lowest BCUT2D eigenvalue weighted by Gasteiger charge is -2.20. The zero-order valence-corrected chi connectivity index (χ0v) is 14.2. The molecular weight excluding hydrogens is 336 g/mol. The van der Waals surface area contributed by atoms with Crippen LogP contribution < -0.4 is 4.90 Å². The van der Waals surface area contributed by atoms with Gasteiger partial charge < -0.3 is 9.32 Å². The first kappa shape index (κ1) is 16.9. The van der Waals surface area contributed by atoms with Crippen LogP contribution in [0, 0.1) is 0 Å². The van der Waals surface area contributed by atoms with Gasteiger partial charge in [0.05, 0.1) is 11.3 Å². The van der Waals surface area contributed by atoms with Gasteiger partial charge in [0.2, 0.25) is 11.8 Å². The molecule has 7 heteroatoms. The lowest BCUT2D eigenvalue weighted by molar-refractivity contribution is -0.116. The third-order valence-electron chi connectivity index (χ3n) is 3.31. The van der Waals surface area contributed by atoms with Gasteiger partial charge in [-0.2, -0.15) is 0 Å². The first-order chi connectivity index (χ1) is 12.3. The predicted octanol–water partition coefficient (Wildman–Crippen LogP) is 3.44. The van der Waals surface area contributed by atoms with Crippen molar-refractivity contribution in [3.05, 3.63) is 67.5 Å². The van der Waals surface area contributed by atoms with Crippen LogP contribution in [0.15, 0.2) is 77.2 Å². The summed E-state index contributed by atoms with van der Waals surface area (Å²) in [6, 6.07) is 13.1. The SMILES string of the molecule is C=CCN(C(=O)CSc1nnc(-c2cccnc2)o1)c1ccccc1. The van der Waals surface area contributed by atoms with Crippen molar-refractivity contribution in [2.45, 2.75) is 5.22 Å². The van der Waals surface area contributed by atoms with E-state index in [1.165, 1.54) is 11.8 Å². The van der Waals surface area contributed by atoms with Gasteiger partial charge in [-0.15, -0.1) is 16.8 Å². The number of aromatic nitrogens is 3. The van der Waals surface area contributed by atoms with Gasteiger partial charge in [-0.1, -0.05) is 36.0 Å². The Morgan fingerprint density at radius 3 is 2.76 bits per heavy atom. The summed E-state index contributed by atoms with van der Waals surface area (Å²) >= 11 is 1.21. The molecule has 0 aliphatic carbocycles. The third-order valence-corrected chi connectivity index (χ3v) is 4.12. The number of rotatable bonds is 7. The number of amides is 1. The maximum atomic E-state index is 12.5. The normalized spacial score (nSPS) is 10.4. The molecule has 25 heavy (non-hydrogen) atoms. The topological polar surface area (TPSA) is 72.1 Å². The predicted molar refractivity (Wildman–Crippen MR) is 97.2 cm³/mol. The minimum absolute atomic E-state index is 0.0581. The molecule has 3 rings (SSSR count). The fourth-order valence-electron chi connectivity index (χ4n) is 2.16. The van der Waals surface area contributed by atoms with E-state index in [1.54, 1.807) is 29.4 Å². The van der Waals surface area contributed by atoms with Crippen molar-refractivity contribution in [3.63, 3.8) is 0 Å². The zero-order chi connectivity index (χ0) is 17.5. The molecule has 0 fully saturated rings. The Bertz CT molecular complexity index is 837. The smallest absolute Gasteiger partial charge is 0.277 e. The van der Waals surface area contributed by atoms with E-state index in [0.717, 1.165) is 11.3 Å². The number of benzene rings is 1.